The van der Waals surface area contributed by atoms with Gasteiger partial charge in [-0.15, -0.1) is 11.8 Å². The van der Waals surface area contributed by atoms with Crippen molar-refractivity contribution in [2.24, 2.45) is 0 Å². The maximum absolute atomic E-state index is 13.7. The lowest BCUT2D eigenvalue weighted by atomic mass is 10.0. The van der Waals surface area contributed by atoms with Crippen molar-refractivity contribution < 1.29 is 13.9 Å². The molecule has 2 nitrogen and oxygen atoms in total. The summed E-state index contributed by atoms with van der Waals surface area (Å²) in [6.07, 6.45) is 0. The number of ether oxygens (including phenoxy) is 1. The quantitative estimate of drug-likeness (QED) is 0.763. The smallest absolute Gasteiger partial charge is 0.315 e. The molecule has 0 amide bonds. The van der Waals surface area contributed by atoms with E-state index in [1.807, 2.05) is 37.3 Å². The third kappa shape index (κ3) is 4.08. The van der Waals surface area contributed by atoms with Crippen LogP contribution in [0.2, 0.25) is 0 Å². The zero-order chi connectivity index (χ0) is 15.2. The van der Waals surface area contributed by atoms with Crippen LogP contribution in [-0.2, 0) is 9.53 Å². The number of thioether (sulfide) groups is 1. The van der Waals surface area contributed by atoms with E-state index in [1.54, 1.807) is 12.1 Å². The number of carbonyl (C=O) groups excluding carboxylic acids is 1. The molecule has 0 spiro atoms. The zero-order valence-corrected chi connectivity index (χ0v) is 12.8. The summed E-state index contributed by atoms with van der Waals surface area (Å²) in [6, 6.07) is 14.5. The van der Waals surface area contributed by atoms with Crippen molar-refractivity contribution in [1.29, 1.82) is 0 Å². The van der Waals surface area contributed by atoms with Gasteiger partial charge >= 0.3 is 5.97 Å². The van der Waals surface area contributed by atoms with Crippen molar-refractivity contribution in [3.63, 3.8) is 0 Å². The molecule has 21 heavy (non-hydrogen) atoms. The number of hydrogen-bond donors (Lipinski definition) is 0. The molecule has 0 aliphatic rings. The third-order valence-electron chi connectivity index (χ3n) is 3.24. The summed E-state index contributed by atoms with van der Waals surface area (Å²) < 4.78 is 18.4. The largest absolute Gasteiger partial charge is 0.468 e. The Morgan fingerprint density at radius 3 is 2.48 bits per heavy atom. The highest BCUT2D eigenvalue weighted by Gasteiger charge is 2.10. The SMILES string of the molecule is COC(=O)CSC(C)c1ccc(-c2ccccc2F)cc1. The van der Waals surface area contributed by atoms with Crippen molar-refractivity contribution in [2.75, 3.05) is 12.9 Å². The van der Waals surface area contributed by atoms with E-state index in [2.05, 4.69) is 4.74 Å². The van der Waals surface area contributed by atoms with Gasteiger partial charge in [0.25, 0.3) is 0 Å². The maximum atomic E-state index is 13.7. The van der Waals surface area contributed by atoms with Crippen molar-refractivity contribution in [2.45, 2.75) is 12.2 Å². The fourth-order valence-corrected chi connectivity index (χ4v) is 2.83. The molecular formula is C17H17FO2S. The third-order valence-corrected chi connectivity index (χ3v) is 4.42. The molecule has 1 unspecified atom stereocenters. The Morgan fingerprint density at radius 1 is 1.19 bits per heavy atom. The monoisotopic (exact) mass is 304 g/mol. The first-order valence-corrected chi connectivity index (χ1v) is 7.70. The zero-order valence-electron chi connectivity index (χ0n) is 12.0. The van der Waals surface area contributed by atoms with Crippen LogP contribution in [0.15, 0.2) is 48.5 Å². The van der Waals surface area contributed by atoms with Gasteiger partial charge in [0.1, 0.15) is 5.82 Å². The van der Waals surface area contributed by atoms with Crippen molar-refractivity contribution >= 4 is 17.7 Å². The summed E-state index contributed by atoms with van der Waals surface area (Å²) in [5.41, 5.74) is 2.55. The molecule has 0 aliphatic carbocycles. The number of rotatable bonds is 5. The lowest BCUT2D eigenvalue weighted by Gasteiger charge is -2.12. The van der Waals surface area contributed by atoms with Crippen LogP contribution < -0.4 is 0 Å². The van der Waals surface area contributed by atoms with Crippen molar-refractivity contribution in [3.8, 4) is 11.1 Å². The van der Waals surface area contributed by atoms with Gasteiger partial charge in [-0.05, 0) is 24.1 Å². The van der Waals surface area contributed by atoms with Gasteiger partial charge in [-0.25, -0.2) is 4.39 Å². The maximum Gasteiger partial charge on any atom is 0.315 e. The summed E-state index contributed by atoms with van der Waals surface area (Å²) in [7, 11) is 1.39. The van der Waals surface area contributed by atoms with Gasteiger partial charge in [-0.2, -0.15) is 0 Å². The van der Waals surface area contributed by atoms with Gasteiger partial charge in [-0.3, -0.25) is 4.79 Å². The number of benzene rings is 2. The lowest BCUT2D eigenvalue weighted by molar-refractivity contribution is -0.137. The Hall–Kier alpha value is -1.81. The van der Waals surface area contributed by atoms with E-state index in [0.29, 0.717) is 11.3 Å². The Labute approximate surface area is 128 Å². The highest BCUT2D eigenvalue weighted by molar-refractivity contribution is 8.00. The molecule has 0 fully saturated rings. The molecule has 0 bridgehead atoms. The minimum Gasteiger partial charge on any atom is -0.468 e. The van der Waals surface area contributed by atoms with Crippen LogP contribution in [0.1, 0.15) is 17.7 Å². The molecule has 0 saturated carbocycles. The molecule has 2 aromatic carbocycles. The summed E-state index contributed by atoms with van der Waals surface area (Å²) >= 11 is 1.52. The second-order valence-electron chi connectivity index (χ2n) is 4.63. The van der Waals surface area contributed by atoms with Gasteiger partial charge in [0.2, 0.25) is 0 Å². The first-order valence-electron chi connectivity index (χ1n) is 6.65. The summed E-state index contributed by atoms with van der Waals surface area (Å²) in [5, 5.41) is 0.179. The topological polar surface area (TPSA) is 26.3 Å². The lowest BCUT2D eigenvalue weighted by Crippen LogP contribution is -2.04. The minimum atomic E-state index is -0.227. The molecular weight excluding hydrogens is 287 g/mol. The van der Waals surface area contributed by atoms with E-state index in [1.165, 1.54) is 24.9 Å². The van der Waals surface area contributed by atoms with Gasteiger partial charge in [0.15, 0.2) is 0 Å². The Morgan fingerprint density at radius 2 is 1.86 bits per heavy atom. The number of methoxy groups -OCH3 is 1. The fraction of sp³-hybridized carbons (Fsp3) is 0.235. The van der Waals surface area contributed by atoms with E-state index in [4.69, 9.17) is 0 Å². The predicted octanol–water partition coefficient (Wildman–Crippen LogP) is 4.46. The van der Waals surface area contributed by atoms with Crippen molar-refractivity contribution in [3.05, 3.63) is 59.9 Å². The van der Waals surface area contributed by atoms with Gasteiger partial charge in [0, 0.05) is 10.8 Å². The number of carbonyl (C=O) groups is 1. The molecule has 0 heterocycles. The van der Waals surface area contributed by atoms with E-state index >= 15 is 0 Å². The molecule has 1 atom stereocenters. The number of hydrogen-bond acceptors (Lipinski definition) is 3. The van der Waals surface area contributed by atoms with Crippen LogP contribution in [-0.4, -0.2) is 18.8 Å². The summed E-state index contributed by atoms with van der Waals surface area (Å²) in [6.45, 7) is 2.03. The Bertz CT molecular complexity index is 610. The normalized spacial score (nSPS) is 12.0. The molecule has 0 aromatic heterocycles. The number of esters is 1. The average Bonchev–Trinajstić information content (AvgIpc) is 2.53. The van der Waals surface area contributed by atoms with Crippen LogP contribution in [0.4, 0.5) is 4.39 Å². The molecule has 2 rings (SSSR count). The Kier molecular flexibility index (Phi) is 5.39. The first kappa shape index (κ1) is 15.6. The fourth-order valence-electron chi connectivity index (χ4n) is 1.98. The molecule has 0 aliphatic heterocycles. The molecule has 2 aromatic rings. The van der Waals surface area contributed by atoms with Gasteiger partial charge in [-0.1, -0.05) is 42.5 Å². The predicted molar refractivity (Wildman–Crippen MR) is 84.7 cm³/mol. The van der Waals surface area contributed by atoms with E-state index in [9.17, 15) is 9.18 Å². The van der Waals surface area contributed by atoms with Crippen molar-refractivity contribution in [1.82, 2.24) is 0 Å². The highest BCUT2D eigenvalue weighted by atomic mass is 32.2. The van der Waals surface area contributed by atoms with Gasteiger partial charge in [0.05, 0.1) is 12.9 Å². The van der Waals surface area contributed by atoms with Crippen LogP contribution in [0.25, 0.3) is 11.1 Å². The van der Waals surface area contributed by atoms with Crippen LogP contribution in [0.3, 0.4) is 0 Å². The van der Waals surface area contributed by atoms with Crippen LogP contribution >= 0.6 is 11.8 Å². The second kappa shape index (κ2) is 7.27. The molecule has 110 valence electrons. The first-order chi connectivity index (χ1) is 10.1. The summed E-state index contributed by atoms with van der Waals surface area (Å²) in [4.78, 5) is 11.1. The highest BCUT2D eigenvalue weighted by Crippen LogP contribution is 2.30. The molecule has 0 radical (unpaired) electrons. The van der Waals surface area contributed by atoms with E-state index in [-0.39, 0.29) is 17.0 Å². The minimum absolute atomic E-state index is 0.179. The van der Waals surface area contributed by atoms with Gasteiger partial charge < -0.3 is 4.74 Å². The number of halogens is 1. The second-order valence-corrected chi connectivity index (χ2v) is 5.96. The molecule has 4 heteroatoms. The standard InChI is InChI=1S/C17H17FO2S/c1-12(21-11-17(19)20-2)13-7-9-14(10-8-13)15-5-3-4-6-16(15)18/h3-10,12H,11H2,1-2H3. The summed E-state index contributed by atoms with van der Waals surface area (Å²) in [5.74, 6) is -0.125. The molecule has 0 saturated heterocycles. The van der Waals surface area contributed by atoms with E-state index in [0.717, 1.165) is 11.1 Å². The average molecular weight is 304 g/mol. The molecule has 0 N–H and O–H groups in total. The van der Waals surface area contributed by atoms with Crippen LogP contribution in [0.5, 0.6) is 0 Å². The van der Waals surface area contributed by atoms with Crippen LogP contribution in [0, 0.1) is 5.82 Å². The Balaban J connectivity index is 2.08. The van der Waals surface area contributed by atoms with E-state index < -0.39 is 0 Å².